The van der Waals surface area contributed by atoms with E-state index in [9.17, 15) is 27.6 Å². The van der Waals surface area contributed by atoms with Gasteiger partial charge >= 0.3 is 6.36 Å². The van der Waals surface area contributed by atoms with Crippen LogP contribution in [-0.4, -0.2) is 39.2 Å². The largest absolute Gasteiger partial charge is 0.573 e. The fourth-order valence-electron chi connectivity index (χ4n) is 3.42. The van der Waals surface area contributed by atoms with Crippen molar-refractivity contribution in [1.82, 2.24) is 9.55 Å². The van der Waals surface area contributed by atoms with Gasteiger partial charge in [0.15, 0.2) is 5.16 Å². The van der Waals surface area contributed by atoms with Crippen molar-refractivity contribution in [3.05, 3.63) is 64.6 Å². The van der Waals surface area contributed by atoms with E-state index in [2.05, 4.69) is 20.4 Å². The van der Waals surface area contributed by atoms with Crippen molar-refractivity contribution in [3.63, 3.8) is 0 Å². The topological polar surface area (TPSA) is 102 Å². The minimum atomic E-state index is -4.83. The number of hydrogen-bond donors (Lipinski definition) is 2. The van der Waals surface area contributed by atoms with Crippen LogP contribution < -0.4 is 20.9 Å². The number of benzene rings is 2. The number of amides is 2. The van der Waals surface area contributed by atoms with Crippen LogP contribution in [0, 0.1) is 0 Å². The van der Waals surface area contributed by atoms with Gasteiger partial charge in [-0.25, -0.2) is 4.98 Å². The monoisotopic (exact) mass is 536 g/mol. The zero-order valence-electron chi connectivity index (χ0n) is 18.7. The normalized spacial score (nSPS) is 12.7. The molecule has 0 atom stereocenters. The van der Waals surface area contributed by atoms with Gasteiger partial charge in [-0.3, -0.25) is 19.0 Å². The first-order chi connectivity index (χ1) is 17.1. The second-order valence-electron chi connectivity index (χ2n) is 7.55. The fourth-order valence-corrected chi connectivity index (χ4v) is 5.27. The standard InChI is InChI=1S/C23H19F3N4O4S2/c1-13(31)27-14-3-2-4-15(11-14)28-19(32)12-36-22-29-18-9-10-35-20(18)21(33)30(22)16-5-7-17(8-6-16)34-23(24,25)26/h2-8,11H,9-10,12H2,1H3,(H,27,31)(H,28,32). The number of carbonyl (C=O) groups excluding carboxylic acids is 2. The summed E-state index contributed by atoms with van der Waals surface area (Å²) in [5.41, 5.74) is 1.57. The number of rotatable bonds is 7. The Morgan fingerprint density at radius 3 is 2.50 bits per heavy atom. The number of thioether (sulfide) groups is 2. The molecule has 0 radical (unpaired) electrons. The van der Waals surface area contributed by atoms with Crippen molar-refractivity contribution in [3.8, 4) is 11.4 Å². The molecule has 0 saturated carbocycles. The Morgan fingerprint density at radius 1 is 1.14 bits per heavy atom. The molecule has 1 aliphatic heterocycles. The lowest BCUT2D eigenvalue weighted by Gasteiger charge is -2.15. The molecule has 2 heterocycles. The van der Waals surface area contributed by atoms with E-state index in [0.717, 1.165) is 23.9 Å². The average molecular weight is 537 g/mol. The molecule has 2 amide bonds. The van der Waals surface area contributed by atoms with Crippen molar-refractivity contribution in [2.75, 3.05) is 22.1 Å². The van der Waals surface area contributed by atoms with E-state index in [4.69, 9.17) is 0 Å². The van der Waals surface area contributed by atoms with Crippen molar-refractivity contribution >= 4 is 46.7 Å². The zero-order chi connectivity index (χ0) is 25.9. The highest BCUT2D eigenvalue weighted by molar-refractivity contribution is 8.00. The van der Waals surface area contributed by atoms with Crippen LogP contribution in [-0.2, 0) is 16.0 Å². The molecule has 0 saturated heterocycles. The Balaban J connectivity index is 1.55. The molecule has 8 nitrogen and oxygen atoms in total. The van der Waals surface area contributed by atoms with E-state index in [0.29, 0.717) is 39.8 Å². The maximum Gasteiger partial charge on any atom is 0.573 e. The number of nitrogens with zero attached hydrogens (tertiary/aromatic N) is 2. The third-order valence-corrected chi connectivity index (χ3v) is 6.84. The summed E-state index contributed by atoms with van der Waals surface area (Å²) in [6, 6.07) is 11.5. The van der Waals surface area contributed by atoms with Crippen LogP contribution in [0.25, 0.3) is 5.69 Å². The maximum absolute atomic E-state index is 13.2. The first-order valence-corrected chi connectivity index (χ1v) is 12.5. The summed E-state index contributed by atoms with van der Waals surface area (Å²) in [6.45, 7) is 1.38. The van der Waals surface area contributed by atoms with Gasteiger partial charge in [0.25, 0.3) is 5.56 Å². The summed E-state index contributed by atoms with van der Waals surface area (Å²) < 4.78 is 42.7. The minimum absolute atomic E-state index is 0.0853. The molecular formula is C23H19F3N4O4S2. The summed E-state index contributed by atoms with van der Waals surface area (Å²) in [5.74, 6) is -0.430. The molecule has 4 rings (SSSR count). The highest BCUT2D eigenvalue weighted by Crippen LogP contribution is 2.31. The number of aryl methyl sites for hydroxylation is 1. The highest BCUT2D eigenvalue weighted by Gasteiger charge is 2.31. The third-order valence-electron chi connectivity index (χ3n) is 4.79. The van der Waals surface area contributed by atoms with Crippen molar-refractivity contribution in [2.45, 2.75) is 29.8 Å². The number of carbonyl (C=O) groups is 2. The van der Waals surface area contributed by atoms with Gasteiger partial charge in [0, 0.05) is 30.5 Å². The first kappa shape index (κ1) is 25.6. The molecule has 0 spiro atoms. The number of fused-ring (bicyclic) bond motifs is 1. The third kappa shape index (κ3) is 6.40. The lowest BCUT2D eigenvalue weighted by molar-refractivity contribution is -0.274. The second kappa shape index (κ2) is 10.7. The Labute approximate surface area is 211 Å². The van der Waals surface area contributed by atoms with Gasteiger partial charge in [0.05, 0.1) is 22.0 Å². The number of ether oxygens (including phenoxy) is 1. The molecule has 0 bridgehead atoms. The van der Waals surface area contributed by atoms with Gasteiger partial charge in [0.1, 0.15) is 5.75 Å². The summed E-state index contributed by atoms with van der Waals surface area (Å²) in [7, 11) is 0. The van der Waals surface area contributed by atoms with E-state index in [1.165, 1.54) is 35.4 Å². The van der Waals surface area contributed by atoms with Gasteiger partial charge in [-0.2, -0.15) is 0 Å². The maximum atomic E-state index is 13.2. The SMILES string of the molecule is CC(=O)Nc1cccc(NC(=O)CSc2nc3c(c(=O)n2-c2ccc(OC(F)(F)F)cc2)SCC3)c1. The molecule has 13 heteroatoms. The van der Waals surface area contributed by atoms with Crippen LogP contribution in [0.4, 0.5) is 24.5 Å². The number of hydrogen-bond acceptors (Lipinski definition) is 7. The van der Waals surface area contributed by atoms with Crippen LogP contribution in [0.1, 0.15) is 12.6 Å². The van der Waals surface area contributed by atoms with Crippen molar-refractivity contribution in [2.24, 2.45) is 0 Å². The van der Waals surface area contributed by atoms with Gasteiger partial charge in [-0.15, -0.1) is 24.9 Å². The van der Waals surface area contributed by atoms with Crippen LogP contribution in [0.5, 0.6) is 5.75 Å². The van der Waals surface area contributed by atoms with E-state index in [1.807, 2.05) is 0 Å². The first-order valence-electron chi connectivity index (χ1n) is 10.5. The summed E-state index contributed by atoms with van der Waals surface area (Å²) in [4.78, 5) is 42.1. The summed E-state index contributed by atoms with van der Waals surface area (Å²) in [6.07, 6.45) is -4.23. The molecule has 2 N–H and O–H groups in total. The number of aromatic nitrogens is 2. The number of nitrogens with one attached hydrogen (secondary N) is 2. The van der Waals surface area contributed by atoms with Crippen LogP contribution in [0.2, 0.25) is 0 Å². The van der Waals surface area contributed by atoms with Crippen molar-refractivity contribution in [1.29, 1.82) is 0 Å². The molecule has 0 aliphatic carbocycles. The van der Waals surface area contributed by atoms with E-state index in [-0.39, 0.29) is 28.3 Å². The predicted octanol–water partition coefficient (Wildman–Crippen LogP) is 4.47. The Hall–Kier alpha value is -3.45. The lowest BCUT2D eigenvalue weighted by atomic mass is 10.2. The number of halogens is 3. The molecule has 2 aromatic carbocycles. The molecule has 188 valence electrons. The van der Waals surface area contributed by atoms with Gasteiger partial charge in [-0.05, 0) is 42.5 Å². The molecule has 0 unspecified atom stereocenters. The van der Waals surface area contributed by atoms with Crippen LogP contribution in [0.15, 0.2) is 63.4 Å². The second-order valence-corrected chi connectivity index (χ2v) is 9.60. The zero-order valence-corrected chi connectivity index (χ0v) is 20.4. The minimum Gasteiger partial charge on any atom is -0.406 e. The molecule has 3 aromatic rings. The Morgan fingerprint density at radius 2 is 1.83 bits per heavy atom. The van der Waals surface area contributed by atoms with Gasteiger partial charge in [-0.1, -0.05) is 17.8 Å². The van der Waals surface area contributed by atoms with Gasteiger partial charge < -0.3 is 15.4 Å². The number of anilines is 2. The molecule has 36 heavy (non-hydrogen) atoms. The van der Waals surface area contributed by atoms with Crippen LogP contribution in [0.3, 0.4) is 0 Å². The van der Waals surface area contributed by atoms with Crippen molar-refractivity contribution < 1.29 is 27.5 Å². The van der Waals surface area contributed by atoms with Crippen LogP contribution >= 0.6 is 23.5 Å². The lowest BCUT2D eigenvalue weighted by Crippen LogP contribution is -2.24. The predicted molar refractivity (Wildman–Crippen MR) is 131 cm³/mol. The Bertz CT molecular complexity index is 1360. The fraction of sp³-hybridized carbons (Fsp3) is 0.217. The Kier molecular flexibility index (Phi) is 7.59. The summed E-state index contributed by atoms with van der Waals surface area (Å²) in [5, 5.41) is 5.60. The van der Waals surface area contributed by atoms with E-state index < -0.39 is 12.1 Å². The molecular weight excluding hydrogens is 517 g/mol. The summed E-state index contributed by atoms with van der Waals surface area (Å²) >= 11 is 2.39. The van der Waals surface area contributed by atoms with Gasteiger partial charge in [0.2, 0.25) is 11.8 Å². The highest BCUT2D eigenvalue weighted by atomic mass is 32.2. The van der Waals surface area contributed by atoms with E-state index >= 15 is 0 Å². The molecule has 0 fully saturated rings. The average Bonchev–Trinajstić information content (AvgIpc) is 3.26. The smallest absolute Gasteiger partial charge is 0.406 e. The quantitative estimate of drug-likeness (QED) is 0.339. The molecule has 1 aliphatic rings. The van der Waals surface area contributed by atoms with E-state index in [1.54, 1.807) is 24.3 Å². The molecule has 1 aromatic heterocycles. The number of alkyl halides is 3.